The summed E-state index contributed by atoms with van der Waals surface area (Å²) in [6.45, 7) is 5.11. The maximum Gasteiger partial charge on any atom is 0.226 e. The van der Waals surface area contributed by atoms with Crippen LogP contribution in [-0.2, 0) is 6.54 Å². The number of methoxy groups -OCH3 is 1. The Kier molecular flexibility index (Phi) is 7.32. The first-order valence-electron chi connectivity index (χ1n) is 9.84. The maximum absolute atomic E-state index is 5.96. The van der Waals surface area contributed by atoms with E-state index < -0.39 is 0 Å². The molecular formula is C23H28N4O3. The third-order valence-corrected chi connectivity index (χ3v) is 4.47. The van der Waals surface area contributed by atoms with Crippen LogP contribution >= 0.6 is 0 Å². The number of oxazole rings is 1. The molecule has 1 heterocycles. The summed E-state index contributed by atoms with van der Waals surface area (Å²) in [6.07, 6.45) is 1.57. The predicted octanol–water partition coefficient (Wildman–Crippen LogP) is 3.79. The van der Waals surface area contributed by atoms with Gasteiger partial charge in [-0.15, -0.1) is 0 Å². The topological polar surface area (TPSA) is 80.9 Å². The summed E-state index contributed by atoms with van der Waals surface area (Å²) < 4.78 is 16.9. The van der Waals surface area contributed by atoms with E-state index in [0.717, 1.165) is 11.3 Å². The van der Waals surface area contributed by atoms with Crippen LogP contribution in [0.1, 0.15) is 18.2 Å². The quantitative estimate of drug-likeness (QED) is 0.436. The number of benzene rings is 2. The smallest absolute Gasteiger partial charge is 0.226 e. The average molecular weight is 409 g/mol. The fourth-order valence-corrected chi connectivity index (χ4v) is 2.83. The first-order valence-corrected chi connectivity index (χ1v) is 9.84. The molecule has 7 nitrogen and oxygen atoms in total. The number of nitrogens with zero attached hydrogens (tertiary/aromatic N) is 2. The number of aliphatic imine (C=N–C) groups is 1. The lowest BCUT2D eigenvalue weighted by atomic mass is 10.1. The van der Waals surface area contributed by atoms with Crippen molar-refractivity contribution >= 4 is 5.96 Å². The standard InChI is InChI=1S/C23H28N4O3/c1-16-9-11-18(12-10-16)22-27-19(15-29-22)14-26-23(24-3)25-13-17(2)30-21-8-6-5-7-20(21)28-4/h5-12,15,17H,13-14H2,1-4H3,(H2,24,25,26). The Hall–Kier alpha value is -3.48. The minimum Gasteiger partial charge on any atom is -0.493 e. The Morgan fingerprint density at radius 2 is 1.83 bits per heavy atom. The van der Waals surface area contributed by atoms with Gasteiger partial charge in [0.2, 0.25) is 5.89 Å². The third-order valence-electron chi connectivity index (χ3n) is 4.47. The molecule has 7 heteroatoms. The molecule has 0 aliphatic heterocycles. The number of rotatable bonds is 8. The molecule has 1 atom stereocenters. The predicted molar refractivity (Wildman–Crippen MR) is 118 cm³/mol. The third kappa shape index (κ3) is 5.76. The van der Waals surface area contributed by atoms with Crippen LogP contribution < -0.4 is 20.1 Å². The van der Waals surface area contributed by atoms with E-state index >= 15 is 0 Å². The highest BCUT2D eigenvalue weighted by molar-refractivity contribution is 5.79. The second kappa shape index (κ2) is 10.3. The zero-order valence-electron chi connectivity index (χ0n) is 17.8. The zero-order valence-corrected chi connectivity index (χ0v) is 17.8. The number of hydrogen-bond donors (Lipinski definition) is 2. The number of guanidine groups is 1. The van der Waals surface area contributed by atoms with Crippen LogP contribution in [0.5, 0.6) is 11.5 Å². The molecule has 0 aliphatic rings. The van der Waals surface area contributed by atoms with E-state index in [1.807, 2.05) is 55.5 Å². The van der Waals surface area contributed by atoms with Crippen LogP contribution in [0.15, 0.2) is 64.2 Å². The average Bonchev–Trinajstić information content (AvgIpc) is 3.24. The number of aromatic nitrogens is 1. The van der Waals surface area contributed by atoms with Gasteiger partial charge >= 0.3 is 0 Å². The highest BCUT2D eigenvalue weighted by Gasteiger charge is 2.10. The van der Waals surface area contributed by atoms with Crippen molar-refractivity contribution in [3.05, 3.63) is 66.1 Å². The summed E-state index contributed by atoms with van der Waals surface area (Å²) in [6, 6.07) is 15.7. The zero-order chi connectivity index (χ0) is 21.3. The van der Waals surface area contributed by atoms with Gasteiger partial charge in [0.15, 0.2) is 17.5 Å². The van der Waals surface area contributed by atoms with E-state index in [1.54, 1.807) is 20.4 Å². The van der Waals surface area contributed by atoms with Gasteiger partial charge < -0.3 is 24.5 Å². The van der Waals surface area contributed by atoms with Crippen LogP contribution in [-0.4, -0.2) is 37.7 Å². The van der Waals surface area contributed by atoms with Gasteiger partial charge in [0.1, 0.15) is 12.4 Å². The van der Waals surface area contributed by atoms with Crippen LogP contribution in [0.25, 0.3) is 11.5 Å². The number of aryl methyl sites for hydroxylation is 1. The molecule has 2 N–H and O–H groups in total. The van der Waals surface area contributed by atoms with Crippen molar-refractivity contribution in [1.82, 2.24) is 15.6 Å². The Morgan fingerprint density at radius 1 is 1.10 bits per heavy atom. The first-order chi connectivity index (χ1) is 14.6. The summed E-state index contributed by atoms with van der Waals surface area (Å²) in [4.78, 5) is 8.78. The van der Waals surface area contributed by atoms with Gasteiger partial charge in [0, 0.05) is 12.6 Å². The molecule has 3 aromatic rings. The van der Waals surface area contributed by atoms with Crippen LogP contribution in [0.3, 0.4) is 0 Å². The van der Waals surface area contributed by atoms with Crippen LogP contribution in [0.2, 0.25) is 0 Å². The molecule has 0 aliphatic carbocycles. The molecule has 0 fully saturated rings. The molecule has 0 radical (unpaired) electrons. The van der Waals surface area contributed by atoms with Gasteiger partial charge in [-0.05, 0) is 38.1 Å². The fourth-order valence-electron chi connectivity index (χ4n) is 2.83. The van der Waals surface area contributed by atoms with Crippen molar-refractivity contribution in [2.24, 2.45) is 4.99 Å². The molecule has 1 unspecified atom stereocenters. The number of hydrogen-bond acceptors (Lipinski definition) is 5. The van der Waals surface area contributed by atoms with E-state index in [9.17, 15) is 0 Å². The molecule has 0 saturated carbocycles. The molecule has 30 heavy (non-hydrogen) atoms. The molecule has 0 spiro atoms. The summed E-state index contributed by atoms with van der Waals surface area (Å²) in [5.74, 6) is 2.68. The highest BCUT2D eigenvalue weighted by Crippen LogP contribution is 2.26. The van der Waals surface area contributed by atoms with Gasteiger partial charge in [0.25, 0.3) is 0 Å². The van der Waals surface area contributed by atoms with Crippen LogP contribution in [0.4, 0.5) is 0 Å². The maximum atomic E-state index is 5.96. The Balaban J connectivity index is 1.48. The normalized spacial score (nSPS) is 12.3. The van der Waals surface area contributed by atoms with Crippen molar-refractivity contribution in [1.29, 1.82) is 0 Å². The van der Waals surface area contributed by atoms with Crippen molar-refractivity contribution in [3.8, 4) is 23.0 Å². The van der Waals surface area contributed by atoms with Crippen molar-refractivity contribution < 1.29 is 13.9 Å². The van der Waals surface area contributed by atoms with E-state index in [0.29, 0.717) is 36.4 Å². The van der Waals surface area contributed by atoms with Crippen molar-refractivity contribution in [2.45, 2.75) is 26.5 Å². The molecule has 2 aromatic carbocycles. The Morgan fingerprint density at radius 3 is 2.53 bits per heavy atom. The van der Waals surface area contributed by atoms with E-state index in [2.05, 4.69) is 27.5 Å². The largest absolute Gasteiger partial charge is 0.493 e. The molecular weight excluding hydrogens is 380 g/mol. The minimum absolute atomic E-state index is 0.0833. The monoisotopic (exact) mass is 408 g/mol. The number of para-hydroxylation sites is 2. The first kappa shape index (κ1) is 21.2. The molecule has 1 aromatic heterocycles. The van der Waals surface area contributed by atoms with Gasteiger partial charge in [0.05, 0.1) is 25.9 Å². The second-order valence-electron chi connectivity index (χ2n) is 6.90. The van der Waals surface area contributed by atoms with Gasteiger partial charge in [-0.2, -0.15) is 0 Å². The van der Waals surface area contributed by atoms with Gasteiger partial charge in [-0.1, -0.05) is 29.8 Å². The SMILES string of the molecule is CN=C(NCc1coc(-c2ccc(C)cc2)n1)NCC(C)Oc1ccccc1OC. The van der Waals surface area contributed by atoms with E-state index in [-0.39, 0.29) is 6.10 Å². The lowest BCUT2D eigenvalue weighted by molar-refractivity contribution is 0.213. The molecule has 3 rings (SSSR count). The summed E-state index contributed by atoms with van der Waals surface area (Å²) in [5, 5.41) is 6.49. The lowest BCUT2D eigenvalue weighted by Crippen LogP contribution is -2.41. The lowest BCUT2D eigenvalue weighted by Gasteiger charge is -2.18. The van der Waals surface area contributed by atoms with Gasteiger partial charge in [-0.3, -0.25) is 4.99 Å². The number of nitrogens with one attached hydrogen (secondary N) is 2. The minimum atomic E-state index is -0.0833. The number of ether oxygens (including phenoxy) is 2. The molecule has 0 amide bonds. The summed E-state index contributed by atoms with van der Waals surface area (Å²) in [5.41, 5.74) is 2.95. The van der Waals surface area contributed by atoms with Crippen LogP contribution in [0, 0.1) is 6.92 Å². The molecule has 0 saturated heterocycles. The highest BCUT2D eigenvalue weighted by atomic mass is 16.5. The summed E-state index contributed by atoms with van der Waals surface area (Å²) >= 11 is 0. The fraction of sp³-hybridized carbons (Fsp3) is 0.304. The van der Waals surface area contributed by atoms with Crippen molar-refractivity contribution in [2.75, 3.05) is 20.7 Å². The molecule has 158 valence electrons. The Bertz CT molecular complexity index is 967. The van der Waals surface area contributed by atoms with E-state index in [1.165, 1.54) is 5.56 Å². The van der Waals surface area contributed by atoms with E-state index in [4.69, 9.17) is 13.9 Å². The Labute approximate surface area is 177 Å². The second-order valence-corrected chi connectivity index (χ2v) is 6.90. The van der Waals surface area contributed by atoms with Crippen molar-refractivity contribution in [3.63, 3.8) is 0 Å². The van der Waals surface area contributed by atoms with Gasteiger partial charge in [-0.25, -0.2) is 4.98 Å². The molecule has 0 bridgehead atoms. The summed E-state index contributed by atoms with van der Waals surface area (Å²) in [7, 11) is 3.35.